The van der Waals surface area contributed by atoms with E-state index in [-0.39, 0.29) is 5.82 Å². The number of nitrogens with two attached hydrogens (primary N) is 1. The molecule has 2 N–H and O–H groups in total. The van der Waals surface area contributed by atoms with Crippen molar-refractivity contribution in [2.75, 3.05) is 39.5 Å². The summed E-state index contributed by atoms with van der Waals surface area (Å²) >= 11 is 1.97. The second kappa shape index (κ2) is 5.69. The molecule has 0 spiro atoms. The van der Waals surface area contributed by atoms with Gasteiger partial charge >= 0.3 is 0 Å². The Hall–Kier alpha value is -0.930. The summed E-state index contributed by atoms with van der Waals surface area (Å²) in [6.07, 6.45) is 0. The Balaban J connectivity index is 1.96. The molecular weight excluding hydrogens is 384 g/mol. The molecule has 0 aliphatic carbocycles. The number of piperazine rings is 1. The van der Waals surface area contributed by atoms with E-state index in [1.807, 2.05) is 27.2 Å². The maximum absolute atomic E-state index is 13.8. The lowest BCUT2D eigenvalue weighted by Gasteiger charge is -2.38. The molecule has 1 aromatic heterocycles. The van der Waals surface area contributed by atoms with Crippen molar-refractivity contribution in [3.63, 3.8) is 0 Å². The Kier molecular flexibility index (Phi) is 4.06. The second-order valence-corrected chi connectivity index (χ2v) is 6.89. The van der Waals surface area contributed by atoms with Gasteiger partial charge in [0.05, 0.1) is 14.6 Å². The van der Waals surface area contributed by atoms with Crippen LogP contribution in [0.25, 0.3) is 11.0 Å². The normalized spacial score (nSPS) is 21.2. The number of likely N-dealkylation sites (N-methyl/N-ethyl adjacent to an activating group) is 2. The highest BCUT2D eigenvalue weighted by atomic mass is 127. The summed E-state index contributed by atoms with van der Waals surface area (Å²) in [6, 6.07) is 3.63. The highest BCUT2D eigenvalue weighted by molar-refractivity contribution is 14.1. The van der Waals surface area contributed by atoms with Gasteiger partial charge in [-0.2, -0.15) is 0 Å². The van der Waals surface area contributed by atoms with Crippen molar-refractivity contribution in [1.82, 2.24) is 19.4 Å². The van der Waals surface area contributed by atoms with Gasteiger partial charge in [0.25, 0.3) is 0 Å². The molecule has 21 heavy (non-hydrogen) atoms. The van der Waals surface area contributed by atoms with E-state index in [1.54, 1.807) is 6.07 Å². The average molecular weight is 403 g/mol. The zero-order chi connectivity index (χ0) is 15.1. The Labute approximate surface area is 137 Å². The lowest BCUT2D eigenvalue weighted by atomic mass is 10.2. The van der Waals surface area contributed by atoms with Crippen LogP contribution in [0.5, 0.6) is 0 Å². The molecule has 1 saturated heterocycles. The molecule has 1 unspecified atom stereocenters. The number of halogens is 2. The number of fused-ring (bicyclic) bond motifs is 1. The summed E-state index contributed by atoms with van der Waals surface area (Å²) < 4.78 is 16.3. The zero-order valence-electron chi connectivity index (χ0n) is 12.2. The highest BCUT2D eigenvalue weighted by Gasteiger charge is 2.24. The second-order valence-electron chi connectivity index (χ2n) is 5.73. The van der Waals surface area contributed by atoms with Gasteiger partial charge in [0.1, 0.15) is 5.82 Å². The average Bonchev–Trinajstić information content (AvgIpc) is 2.71. The Morgan fingerprint density at radius 3 is 2.90 bits per heavy atom. The molecule has 1 atom stereocenters. The molecule has 0 bridgehead atoms. The summed E-state index contributed by atoms with van der Waals surface area (Å²) in [7, 11) is 4.24. The predicted octanol–water partition coefficient (Wildman–Crippen LogP) is 1.61. The van der Waals surface area contributed by atoms with Crippen LogP contribution in [0.4, 0.5) is 10.3 Å². The van der Waals surface area contributed by atoms with E-state index in [9.17, 15) is 4.39 Å². The Morgan fingerprint density at radius 1 is 1.38 bits per heavy atom. The number of benzene rings is 1. The quantitative estimate of drug-likeness (QED) is 0.775. The van der Waals surface area contributed by atoms with Crippen molar-refractivity contribution in [3.05, 3.63) is 21.5 Å². The summed E-state index contributed by atoms with van der Waals surface area (Å²) in [5.41, 5.74) is 7.57. The van der Waals surface area contributed by atoms with Crippen molar-refractivity contribution >= 4 is 39.6 Å². The van der Waals surface area contributed by atoms with E-state index in [0.29, 0.717) is 15.6 Å². The first-order valence-corrected chi connectivity index (χ1v) is 8.03. The minimum absolute atomic E-state index is 0.224. The maximum atomic E-state index is 13.8. The molecule has 2 heterocycles. The van der Waals surface area contributed by atoms with Crippen LogP contribution >= 0.6 is 22.6 Å². The maximum Gasteiger partial charge on any atom is 0.201 e. The molecule has 1 aliphatic rings. The van der Waals surface area contributed by atoms with Crippen molar-refractivity contribution in [2.45, 2.75) is 12.6 Å². The third-order valence-corrected chi connectivity index (χ3v) is 5.02. The number of hydrogen-bond acceptors (Lipinski definition) is 4. The summed E-state index contributed by atoms with van der Waals surface area (Å²) in [5.74, 6) is 0.228. The van der Waals surface area contributed by atoms with Crippen LogP contribution in [0.15, 0.2) is 12.1 Å². The van der Waals surface area contributed by atoms with Gasteiger partial charge < -0.3 is 15.2 Å². The monoisotopic (exact) mass is 403 g/mol. The molecule has 0 saturated carbocycles. The minimum Gasteiger partial charge on any atom is -0.369 e. The fourth-order valence-corrected chi connectivity index (χ4v) is 3.29. The van der Waals surface area contributed by atoms with Crippen LogP contribution in [-0.4, -0.2) is 59.1 Å². The van der Waals surface area contributed by atoms with Crippen LogP contribution < -0.4 is 5.73 Å². The van der Waals surface area contributed by atoms with E-state index in [1.165, 1.54) is 6.07 Å². The molecule has 1 aliphatic heterocycles. The van der Waals surface area contributed by atoms with Crippen LogP contribution in [0.2, 0.25) is 0 Å². The van der Waals surface area contributed by atoms with Crippen molar-refractivity contribution in [1.29, 1.82) is 0 Å². The molecule has 1 aromatic carbocycles. The first-order valence-electron chi connectivity index (χ1n) is 6.95. The van der Waals surface area contributed by atoms with Gasteiger partial charge in [-0.25, -0.2) is 9.37 Å². The number of rotatable bonds is 2. The van der Waals surface area contributed by atoms with Gasteiger partial charge in [-0.1, -0.05) is 0 Å². The Morgan fingerprint density at radius 2 is 2.14 bits per heavy atom. The van der Waals surface area contributed by atoms with Crippen LogP contribution in [0.1, 0.15) is 0 Å². The highest BCUT2D eigenvalue weighted by Crippen LogP contribution is 2.24. The van der Waals surface area contributed by atoms with E-state index in [2.05, 4.69) is 28.9 Å². The molecule has 0 radical (unpaired) electrons. The summed E-state index contributed by atoms with van der Waals surface area (Å²) in [4.78, 5) is 9.00. The molecule has 1 fully saturated rings. The molecule has 0 amide bonds. The van der Waals surface area contributed by atoms with Crippen LogP contribution in [0.3, 0.4) is 0 Å². The lowest BCUT2D eigenvalue weighted by molar-refractivity contribution is 0.104. The van der Waals surface area contributed by atoms with Gasteiger partial charge in [0, 0.05) is 38.3 Å². The summed E-state index contributed by atoms with van der Waals surface area (Å²) in [5, 5.41) is 0. The van der Waals surface area contributed by atoms with E-state index < -0.39 is 0 Å². The lowest BCUT2D eigenvalue weighted by Crippen LogP contribution is -2.51. The van der Waals surface area contributed by atoms with Gasteiger partial charge in [0.15, 0.2) is 0 Å². The number of imidazole rings is 1. The van der Waals surface area contributed by atoms with Gasteiger partial charge in [-0.15, -0.1) is 0 Å². The van der Waals surface area contributed by atoms with E-state index >= 15 is 0 Å². The third kappa shape index (κ3) is 2.86. The Bertz CT molecular complexity index is 671. The number of nitrogen functional groups attached to an aromatic ring is 1. The van der Waals surface area contributed by atoms with Gasteiger partial charge in [-0.3, -0.25) is 4.90 Å². The number of aromatic nitrogens is 2. The molecule has 7 heteroatoms. The number of anilines is 1. The largest absolute Gasteiger partial charge is 0.369 e. The molecule has 114 valence electrons. The fraction of sp³-hybridized carbons (Fsp3) is 0.500. The molecular formula is C14H19FIN5. The first-order chi connectivity index (χ1) is 9.95. The van der Waals surface area contributed by atoms with Crippen molar-refractivity contribution in [3.8, 4) is 0 Å². The smallest absolute Gasteiger partial charge is 0.201 e. The summed E-state index contributed by atoms with van der Waals surface area (Å²) in [6.45, 7) is 3.80. The standard InChI is InChI=1S/C14H19FIN5/c1-19-3-4-20(2)9(7-19)8-21-13-5-10(15)11(16)6-12(13)18-14(21)17/h5-6,9H,3-4,7-8H2,1-2H3,(H2,17,18). The first kappa shape index (κ1) is 15.0. The fourth-order valence-electron chi connectivity index (χ4n) is 2.84. The van der Waals surface area contributed by atoms with Gasteiger partial charge in [-0.05, 0) is 42.8 Å². The number of nitrogens with zero attached hydrogens (tertiary/aromatic N) is 4. The van der Waals surface area contributed by atoms with E-state index in [0.717, 1.165) is 37.2 Å². The van der Waals surface area contributed by atoms with Gasteiger partial charge in [0.2, 0.25) is 5.95 Å². The van der Waals surface area contributed by atoms with Crippen LogP contribution in [0, 0.1) is 9.39 Å². The molecule has 3 rings (SSSR count). The van der Waals surface area contributed by atoms with Crippen molar-refractivity contribution < 1.29 is 4.39 Å². The number of hydrogen-bond donors (Lipinski definition) is 1. The van der Waals surface area contributed by atoms with Crippen LogP contribution in [-0.2, 0) is 6.54 Å². The minimum atomic E-state index is -0.224. The molecule has 2 aromatic rings. The predicted molar refractivity (Wildman–Crippen MR) is 90.7 cm³/mol. The zero-order valence-corrected chi connectivity index (χ0v) is 14.3. The topological polar surface area (TPSA) is 50.3 Å². The van der Waals surface area contributed by atoms with E-state index in [4.69, 9.17) is 5.73 Å². The van der Waals surface area contributed by atoms with Crippen molar-refractivity contribution in [2.24, 2.45) is 0 Å². The third-order valence-electron chi connectivity index (χ3n) is 4.19. The molecule has 5 nitrogen and oxygen atoms in total. The SMILES string of the molecule is CN1CCN(C)C(Cn2c(N)nc3cc(I)c(F)cc32)C1.